The zero-order valence-corrected chi connectivity index (χ0v) is 9.52. The molecule has 0 heterocycles. The number of ketones is 1. The number of hydrogen-bond acceptors (Lipinski definition) is 3. The van der Waals surface area contributed by atoms with E-state index in [4.69, 9.17) is 4.53 Å². The molecule has 1 rings (SSSR count). The maximum Gasteiger partial charge on any atom is 0.220 e. The van der Waals surface area contributed by atoms with Crippen LogP contribution in [-0.2, 0) is 9.32 Å². The Morgan fingerprint density at radius 3 is 2.69 bits per heavy atom. The van der Waals surface area contributed by atoms with Gasteiger partial charge in [0.25, 0.3) is 0 Å². The van der Waals surface area contributed by atoms with Crippen LogP contribution in [0.5, 0.6) is 0 Å². The first-order valence-electron chi connectivity index (χ1n) is 4.66. The van der Waals surface area contributed by atoms with Crippen LogP contribution in [0.25, 0.3) is 0 Å². The van der Waals surface area contributed by atoms with Gasteiger partial charge in [-0.1, -0.05) is 6.08 Å². The van der Waals surface area contributed by atoms with Gasteiger partial charge in [0.05, 0.1) is 5.70 Å². The van der Waals surface area contributed by atoms with Crippen molar-refractivity contribution in [1.29, 1.82) is 0 Å². The smallest absolute Gasteiger partial charge is 0.220 e. The highest BCUT2D eigenvalue weighted by Gasteiger charge is 2.19. The average molecular weight is 199 g/mol. The lowest BCUT2D eigenvalue weighted by atomic mass is 10.0. The van der Waals surface area contributed by atoms with Gasteiger partial charge in [0.1, 0.15) is 0 Å². The number of rotatable bonds is 3. The topological polar surface area (TPSA) is 38.3 Å². The fourth-order valence-corrected chi connectivity index (χ4v) is 1.48. The van der Waals surface area contributed by atoms with Gasteiger partial charge in [-0.05, 0) is 32.5 Å². The van der Waals surface area contributed by atoms with Gasteiger partial charge in [0.15, 0.2) is 5.78 Å². The first kappa shape index (κ1) is 10.5. The summed E-state index contributed by atoms with van der Waals surface area (Å²) >= 11 is 0. The number of hydroxylamine groups is 1. The fourth-order valence-electron chi connectivity index (χ4n) is 1.06. The summed E-state index contributed by atoms with van der Waals surface area (Å²) in [7, 11) is -1.57. The lowest BCUT2D eigenvalue weighted by Crippen LogP contribution is -2.35. The second-order valence-corrected chi connectivity index (χ2v) is 8.68. The minimum absolute atomic E-state index is 0.171. The molecule has 0 fully saturated rings. The van der Waals surface area contributed by atoms with Gasteiger partial charge in [-0.2, -0.15) is 0 Å². The van der Waals surface area contributed by atoms with Gasteiger partial charge in [-0.25, -0.2) is 0 Å². The molecule has 0 aromatic rings. The highest BCUT2D eigenvalue weighted by molar-refractivity contribution is 6.69. The van der Waals surface area contributed by atoms with E-state index in [9.17, 15) is 4.79 Å². The molecule has 0 aromatic heterocycles. The van der Waals surface area contributed by atoms with E-state index in [-0.39, 0.29) is 5.78 Å². The largest absolute Gasteiger partial charge is 0.323 e. The van der Waals surface area contributed by atoms with Gasteiger partial charge >= 0.3 is 0 Å². The summed E-state index contributed by atoms with van der Waals surface area (Å²) in [4.78, 5) is 11.3. The van der Waals surface area contributed by atoms with Crippen molar-refractivity contribution in [2.45, 2.75) is 38.9 Å². The molecule has 0 aromatic carbocycles. The van der Waals surface area contributed by atoms with Crippen LogP contribution in [0.2, 0.25) is 19.6 Å². The molecule has 0 aliphatic heterocycles. The Hall–Kier alpha value is -0.613. The standard InChI is InChI=1S/C9H17NO2Si/c1-13(2,3)12-10-8-6-4-5-7-9(8)11/h6,10H,4-5,7H2,1-3H3. The van der Waals surface area contributed by atoms with Crippen LogP contribution in [0, 0.1) is 0 Å². The number of hydrogen-bond donors (Lipinski definition) is 1. The Balaban J connectivity index is 2.44. The van der Waals surface area contributed by atoms with Crippen molar-refractivity contribution in [1.82, 2.24) is 5.48 Å². The van der Waals surface area contributed by atoms with Gasteiger partial charge in [-0.3, -0.25) is 10.3 Å². The Morgan fingerprint density at radius 1 is 1.46 bits per heavy atom. The third-order valence-electron chi connectivity index (χ3n) is 1.72. The Bertz CT molecular complexity index is 230. The molecule has 0 amide bonds. The number of carbonyl (C=O) groups is 1. The highest BCUT2D eigenvalue weighted by atomic mass is 28.4. The summed E-state index contributed by atoms with van der Waals surface area (Å²) in [6.45, 7) is 6.23. The van der Waals surface area contributed by atoms with Gasteiger partial charge in [0, 0.05) is 6.42 Å². The molecule has 4 heteroatoms. The Kier molecular flexibility index (Phi) is 3.27. The second-order valence-electron chi connectivity index (χ2n) is 4.25. The van der Waals surface area contributed by atoms with Crippen LogP contribution in [-0.4, -0.2) is 14.1 Å². The van der Waals surface area contributed by atoms with Gasteiger partial charge in [0.2, 0.25) is 8.32 Å². The van der Waals surface area contributed by atoms with Crippen molar-refractivity contribution >= 4 is 14.1 Å². The zero-order valence-electron chi connectivity index (χ0n) is 8.52. The molecule has 13 heavy (non-hydrogen) atoms. The number of nitrogens with one attached hydrogen (secondary N) is 1. The maximum atomic E-state index is 11.3. The molecular formula is C9H17NO2Si. The molecule has 3 nitrogen and oxygen atoms in total. The van der Waals surface area contributed by atoms with E-state index in [0.29, 0.717) is 12.1 Å². The summed E-state index contributed by atoms with van der Waals surface area (Å²) in [5.74, 6) is 0.171. The van der Waals surface area contributed by atoms with Crippen LogP contribution in [0.1, 0.15) is 19.3 Å². The molecule has 0 saturated heterocycles. The van der Waals surface area contributed by atoms with E-state index in [1.54, 1.807) is 0 Å². The summed E-state index contributed by atoms with van der Waals surface area (Å²) in [5, 5.41) is 0. The molecule has 1 aliphatic rings. The van der Waals surface area contributed by atoms with Crippen LogP contribution >= 0.6 is 0 Å². The lowest BCUT2D eigenvalue weighted by molar-refractivity contribution is -0.117. The van der Waals surface area contributed by atoms with Crippen molar-refractivity contribution in [2.75, 3.05) is 0 Å². The molecule has 0 radical (unpaired) electrons. The lowest BCUT2D eigenvalue weighted by Gasteiger charge is -2.20. The van der Waals surface area contributed by atoms with E-state index in [1.807, 2.05) is 6.08 Å². The number of Topliss-reactive ketones (excluding diaryl/α,β-unsaturated/α-hetero) is 1. The predicted molar refractivity (Wildman–Crippen MR) is 54.5 cm³/mol. The molecule has 1 aliphatic carbocycles. The van der Waals surface area contributed by atoms with Crippen molar-refractivity contribution in [3.63, 3.8) is 0 Å². The van der Waals surface area contributed by atoms with Crippen molar-refractivity contribution in [3.05, 3.63) is 11.8 Å². The quantitative estimate of drug-likeness (QED) is 0.558. The van der Waals surface area contributed by atoms with Crippen molar-refractivity contribution in [2.24, 2.45) is 0 Å². The van der Waals surface area contributed by atoms with Crippen molar-refractivity contribution in [3.8, 4) is 0 Å². The summed E-state index contributed by atoms with van der Waals surface area (Å²) in [5.41, 5.74) is 3.43. The van der Waals surface area contributed by atoms with E-state index >= 15 is 0 Å². The van der Waals surface area contributed by atoms with Gasteiger partial charge < -0.3 is 4.53 Å². The summed E-state index contributed by atoms with van der Waals surface area (Å²) < 4.78 is 5.44. The zero-order chi connectivity index (χ0) is 9.90. The van der Waals surface area contributed by atoms with Gasteiger partial charge in [-0.15, -0.1) is 0 Å². The minimum Gasteiger partial charge on any atom is -0.323 e. The summed E-state index contributed by atoms with van der Waals surface area (Å²) in [6, 6.07) is 0. The normalized spacial score (nSPS) is 18.4. The molecule has 0 bridgehead atoms. The Labute approximate surface area is 80.2 Å². The number of carbonyl (C=O) groups excluding carboxylic acids is 1. The first-order chi connectivity index (χ1) is 5.99. The molecule has 74 valence electrons. The molecule has 0 spiro atoms. The molecule has 0 saturated carbocycles. The fraction of sp³-hybridized carbons (Fsp3) is 0.667. The minimum atomic E-state index is -1.57. The summed E-state index contributed by atoms with van der Waals surface area (Å²) in [6.07, 6.45) is 4.51. The average Bonchev–Trinajstić information content (AvgIpc) is 2.01. The third kappa shape index (κ3) is 3.74. The van der Waals surface area contributed by atoms with Crippen LogP contribution in [0.3, 0.4) is 0 Å². The van der Waals surface area contributed by atoms with Crippen molar-refractivity contribution < 1.29 is 9.32 Å². The third-order valence-corrected chi connectivity index (χ3v) is 2.44. The van der Waals surface area contributed by atoms with Crippen LogP contribution in [0.15, 0.2) is 11.8 Å². The molecule has 0 atom stereocenters. The van der Waals surface area contributed by atoms with Crippen LogP contribution < -0.4 is 5.48 Å². The molecule has 1 N–H and O–H groups in total. The monoisotopic (exact) mass is 199 g/mol. The first-order valence-corrected chi connectivity index (χ1v) is 8.07. The van der Waals surface area contributed by atoms with E-state index < -0.39 is 8.32 Å². The van der Waals surface area contributed by atoms with E-state index in [2.05, 4.69) is 25.1 Å². The van der Waals surface area contributed by atoms with E-state index in [0.717, 1.165) is 12.8 Å². The maximum absolute atomic E-state index is 11.3. The number of allylic oxidation sites excluding steroid dienone is 2. The van der Waals surface area contributed by atoms with Crippen LogP contribution in [0.4, 0.5) is 0 Å². The second kappa shape index (κ2) is 4.06. The SMILES string of the molecule is C[Si](C)(C)ONC1=CCCCC1=O. The van der Waals surface area contributed by atoms with E-state index in [1.165, 1.54) is 0 Å². The Morgan fingerprint density at radius 2 is 2.15 bits per heavy atom. The highest BCUT2D eigenvalue weighted by Crippen LogP contribution is 2.12. The predicted octanol–water partition coefficient (Wildman–Crippen LogP) is 1.98. The molecular weight excluding hydrogens is 182 g/mol. The molecule has 0 unspecified atom stereocenters.